The zero-order valence-electron chi connectivity index (χ0n) is 9.68. The molecule has 0 amide bonds. The van der Waals surface area contributed by atoms with E-state index in [9.17, 15) is 0 Å². The average Bonchev–Trinajstić information content (AvgIpc) is 2.29. The van der Waals surface area contributed by atoms with Crippen molar-refractivity contribution in [3.05, 3.63) is 35.5 Å². The van der Waals surface area contributed by atoms with Crippen LogP contribution in [0.5, 0.6) is 0 Å². The van der Waals surface area contributed by atoms with Gasteiger partial charge in [-0.1, -0.05) is 12.1 Å². The largest absolute Gasteiger partial charge is 0.264 e. The second-order valence-corrected chi connectivity index (χ2v) is 4.61. The highest BCUT2D eigenvalue weighted by Crippen LogP contribution is 2.34. The second-order valence-electron chi connectivity index (χ2n) is 4.61. The summed E-state index contributed by atoms with van der Waals surface area (Å²) >= 11 is 0. The van der Waals surface area contributed by atoms with Gasteiger partial charge in [-0.3, -0.25) is 4.84 Å². The lowest BCUT2D eigenvalue weighted by Crippen LogP contribution is -2.48. The maximum absolute atomic E-state index is 5.89. The molecule has 1 aromatic rings. The number of hydroxylamine groups is 1. The Morgan fingerprint density at radius 3 is 2.88 bits per heavy atom. The molecule has 0 saturated carbocycles. The Kier molecular flexibility index (Phi) is 2.21. The lowest BCUT2D eigenvalue weighted by atomic mass is 9.91. The molecular formula is C13H16N2O. The Hall–Kier alpha value is -1.35. The summed E-state index contributed by atoms with van der Waals surface area (Å²) in [7, 11) is 0. The van der Waals surface area contributed by atoms with Crippen LogP contribution in [0.15, 0.2) is 29.8 Å². The number of rotatable bonds is 1. The van der Waals surface area contributed by atoms with Crippen molar-refractivity contribution in [2.75, 3.05) is 5.06 Å². The van der Waals surface area contributed by atoms with Gasteiger partial charge in [0.25, 0.3) is 0 Å². The highest BCUT2D eigenvalue weighted by Gasteiger charge is 2.35. The minimum absolute atomic E-state index is 0.243. The summed E-state index contributed by atoms with van der Waals surface area (Å²) in [6.45, 7) is 4.19. The summed E-state index contributed by atoms with van der Waals surface area (Å²) in [5.41, 5.74) is 2.44. The molecule has 3 heterocycles. The maximum atomic E-state index is 5.89. The van der Waals surface area contributed by atoms with Crippen LogP contribution < -0.4 is 5.06 Å². The molecule has 3 nitrogen and oxygen atoms in total. The Balaban J connectivity index is 1.95. The van der Waals surface area contributed by atoms with Gasteiger partial charge in [0.05, 0.1) is 6.04 Å². The Morgan fingerprint density at radius 2 is 2.19 bits per heavy atom. The molecule has 3 aliphatic rings. The molecule has 1 aliphatic carbocycles. The topological polar surface area (TPSA) is 25.4 Å². The number of anilines is 1. The monoisotopic (exact) mass is 216 g/mol. The second kappa shape index (κ2) is 3.59. The maximum Gasteiger partial charge on any atom is 0.153 e. The third-order valence-corrected chi connectivity index (χ3v) is 3.33. The first-order valence-corrected chi connectivity index (χ1v) is 5.82. The molecule has 1 fully saturated rings. The molecular weight excluding hydrogens is 200 g/mol. The molecule has 3 heteroatoms. The van der Waals surface area contributed by atoms with E-state index in [1.54, 1.807) is 0 Å². The van der Waals surface area contributed by atoms with Crippen LogP contribution in [0.25, 0.3) is 0 Å². The van der Waals surface area contributed by atoms with Crippen LogP contribution in [0.1, 0.15) is 25.5 Å². The Labute approximate surface area is 95.7 Å². The quantitative estimate of drug-likeness (QED) is 0.675. The minimum atomic E-state index is 0.243. The van der Waals surface area contributed by atoms with E-state index in [-0.39, 0.29) is 6.10 Å². The van der Waals surface area contributed by atoms with Gasteiger partial charge in [0.1, 0.15) is 6.10 Å². The third kappa shape index (κ3) is 1.52. The standard InChI is InChI=1S/C13H16N2O/c1-9-8-11-6-7-12(9)15(16-11)13-5-3-4-10(2)14-13/h3-5,8,11-12H,6-7H2,1-2H3/t11-,12+/m0/s1. The predicted octanol–water partition coefficient (Wildman–Crippen LogP) is 2.62. The normalized spacial score (nSPS) is 28.1. The van der Waals surface area contributed by atoms with Crippen LogP contribution in [0.4, 0.5) is 5.82 Å². The van der Waals surface area contributed by atoms with Gasteiger partial charge < -0.3 is 0 Å². The number of fused-ring (bicyclic) bond motifs is 2. The molecule has 0 radical (unpaired) electrons. The van der Waals surface area contributed by atoms with Crippen LogP contribution >= 0.6 is 0 Å². The lowest BCUT2D eigenvalue weighted by Gasteiger charge is -2.43. The summed E-state index contributed by atoms with van der Waals surface area (Å²) < 4.78 is 0. The zero-order chi connectivity index (χ0) is 11.1. The summed E-state index contributed by atoms with van der Waals surface area (Å²) in [4.78, 5) is 10.4. The van der Waals surface area contributed by atoms with Gasteiger partial charge in [0.15, 0.2) is 5.82 Å². The molecule has 2 atom stereocenters. The molecule has 0 aromatic carbocycles. The molecule has 0 spiro atoms. The third-order valence-electron chi connectivity index (χ3n) is 3.33. The van der Waals surface area contributed by atoms with E-state index in [4.69, 9.17) is 4.84 Å². The number of nitrogens with zero attached hydrogens (tertiary/aromatic N) is 2. The Morgan fingerprint density at radius 1 is 1.31 bits per heavy atom. The number of aryl methyl sites for hydroxylation is 1. The fourth-order valence-electron chi connectivity index (χ4n) is 2.51. The summed E-state index contributed by atoms with van der Waals surface area (Å²) in [5.74, 6) is 0.933. The fraction of sp³-hybridized carbons (Fsp3) is 0.462. The van der Waals surface area contributed by atoms with Crippen molar-refractivity contribution >= 4 is 5.82 Å². The van der Waals surface area contributed by atoms with Crippen LogP contribution in [0.2, 0.25) is 0 Å². The molecule has 1 aromatic heterocycles. The molecule has 4 rings (SSSR count). The van der Waals surface area contributed by atoms with Gasteiger partial charge in [0, 0.05) is 5.69 Å². The fourth-order valence-corrected chi connectivity index (χ4v) is 2.51. The van der Waals surface area contributed by atoms with Gasteiger partial charge in [-0.05, 0) is 44.4 Å². The van der Waals surface area contributed by atoms with E-state index >= 15 is 0 Å². The summed E-state index contributed by atoms with van der Waals surface area (Å²) in [6.07, 6.45) is 4.78. The molecule has 0 N–H and O–H groups in total. The van der Waals surface area contributed by atoms with Gasteiger partial charge in [-0.25, -0.2) is 10.0 Å². The van der Waals surface area contributed by atoms with Crippen LogP contribution in [-0.2, 0) is 4.84 Å². The van der Waals surface area contributed by atoms with Crippen molar-refractivity contribution < 1.29 is 4.84 Å². The molecule has 0 unspecified atom stereocenters. The zero-order valence-corrected chi connectivity index (χ0v) is 9.68. The highest BCUT2D eigenvalue weighted by molar-refractivity contribution is 5.42. The van der Waals surface area contributed by atoms with E-state index in [0.29, 0.717) is 6.04 Å². The van der Waals surface area contributed by atoms with Crippen LogP contribution in [-0.4, -0.2) is 17.1 Å². The first-order valence-electron chi connectivity index (χ1n) is 5.82. The molecule has 84 valence electrons. The highest BCUT2D eigenvalue weighted by atomic mass is 16.7. The van der Waals surface area contributed by atoms with Gasteiger partial charge in [-0.15, -0.1) is 0 Å². The molecule has 1 saturated heterocycles. The number of hydrogen-bond acceptors (Lipinski definition) is 3. The van der Waals surface area contributed by atoms with E-state index in [2.05, 4.69) is 18.0 Å². The first-order chi connectivity index (χ1) is 7.74. The summed E-state index contributed by atoms with van der Waals surface area (Å²) in [6, 6.07) is 6.43. The minimum Gasteiger partial charge on any atom is -0.264 e. The smallest absolute Gasteiger partial charge is 0.153 e. The lowest BCUT2D eigenvalue weighted by molar-refractivity contribution is -0.00208. The van der Waals surface area contributed by atoms with Gasteiger partial charge in [-0.2, -0.15) is 0 Å². The van der Waals surface area contributed by atoms with Crippen molar-refractivity contribution in [2.45, 2.75) is 38.8 Å². The van der Waals surface area contributed by atoms with Crippen molar-refractivity contribution in [3.63, 3.8) is 0 Å². The number of aromatic nitrogens is 1. The van der Waals surface area contributed by atoms with Gasteiger partial charge in [0.2, 0.25) is 0 Å². The average molecular weight is 216 g/mol. The number of pyridine rings is 1. The molecule has 16 heavy (non-hydrogen) atoms. The van der Waals surface area contributed by atoms with Gasteiger partial charge >= 0.3 is 0 Å². The van der Waals surface area contributed by atoms with Crippen LogP contribution in [0, 0.1) is 6.92 Å². The first kappa shape index (κ1) is 9.85. The van der Waals surface area contributed by atoms with E-state index in [1.807, 2.05) is 30.2 Å². The molecule has 2 aliphatic heterocycles. The van der Waals surface area contributed by atoms with Crippen molar-refractivity contribution in [3.8, 4) is 0 Å². The predicted molar refractivity (Wildman–Crippen MR) is 63.1 cm³/mol. The van der Waals surface area contributed by atoms with Crippen molar-refractivity contribution in [1.29, 1.82) is 0 Å². The number of hydrogen-bond donors (Lipinski definition) is 0. The SMILES string of the molecule is CC1=C[C@@H]2CC[C@H]1N(c1cccc(C)n1)O2. The summed E-state index contributed by atoms with van der Waals surface area (Å²) in [5, 5.41) is 1.98. The Bertz CT molecular complexity index is 441. The van der Waals surface area contributed by atoms with Crippen molar-refractivity contribution in [1.82, 2.24) is 4.98 Å². The van der Waals surface area contributed by atoms with E-state index < -0.39 is 0 Å². The molecule has 2 bridgehead atoms. The van der Waals surface area contributed by atoms with Crippen molar-refractivity contribution in [2.24, 2.45) is 0 Å². The van der Waals surface area contributed by atoms with Crippen LogP contribution in [0.3, 0.4) is 0 Å². The van der Waals surface area contributed by atoms with E-state index in [1.165, 1.54) is 12.0 Å². The van der Waals surface area contributed by atoms with E-state index in [0.717, 1.165) is 17.9 Å².